The van der Waals surface area contributed by atoms with Gasteiger partial charge < -0.3 is 4.74 Å². The maximum absolute atomic E-state index is 11.9. The van der Waals surface area contributed by atoms with E-state index in [0.717, 1.165) is 12.8 Å². The number of rotatable bonds is 2. The SMILES string of the molecule is C=C1C(=O)C[C@H](c2ccncc2[N+](=O)[O-])OC12CC2. The van der Waals surface area contributed by atoms with Crippen LogP contribution in [0.15, 0.2) is 30.6 Å². The minimum absolute atomic E-state index is 0.0696. The molecule has 1 spiro atoms. The molecule has 98 valence electrons. The number of ether oxygens (including phenoxy) is 1. The van der Waals surface area contributed by atoms with Crippen LogP contribution in [-0.2, 0) is 9.53 Å². The fourth-order valence-corrected chi connectivity index (χ4v) is 2.46. The molecule has 1 atom stereocenters. The minimum Gasteiger partial charge on any atom is -0.362 e. The molecule has 6 heteroatoms. The number of nitro groups is 1. The molecule has 0 unspecified atom stereocenters. The average Bonchev–Trinajstić information content (AvgIpc) is 3.16. The fourth-order valence-electron chi connectivity index (χ4n) is 2.46. The second-order valence-corrected chi connectivity index (χ2v) is 4.90. The molecule has 0 bridgehead atoms. The van der Waals surface area contributed by atoms with E-state index in [4.69, 9.17) is 4.74 Å². The standard InChI is InChI=1S/C13H12N2O4/c1-8-11(16)6-12(19-13(8)3-4-13)9-2-5-14-7-10(9)15(17)18/h2,5,7,12H,1,3-4,6H2/t12-/m1/s1. The van der Waals surface area contributed by atoms with Crippen molar-refractivity contribution in [2.24, 2.45) is 0 Å². The van der Waals surface area contributed by atoms with E-state index in [1.165, 1.54) is 12.4 Å². The van der Waals surface area contributed by atoms with Crippen LogP contribution in [0.2, 0.25) is 0 Å². The summed E-state index contributed by atoms with van der Waals surface area (Å²) in [6, 6.07) is 1.54. The Morgan fingerprint density at radius 2 is 2.26 bits per heavy atom. The lowest BCUT2D eigenvalue weighted by molar-refractivity contribution is -0.386. The Labute approximate surface area is 109 Å². The van der Waals surface area contributed by atoms with Gasteiger partial charge in [-0.25, -0.2) is 0 Å². The van der Waals surface area contributed by atoms with Gasteiger partial charge in [-0.2, -0.15) is 0 Å². The van der Waals surface area contributed by atoms with Gasteiger partial charge in [-0.1, -0.05) is 6.58 Å². The van der Waals surface area contributed by atoms with Gasteiger partial charge in [-0.15, -0.1) is 0 Å². The van der Waals surface area contributed by atoms with E-state index >= 15 is 0 Å². The molecule has 1 aliphatic carbocycles. The first-order chi connectivity index (χ1) is 9.03. The highest BCUT2D eigenvalue weighted by Gasteiger charge is 2.54. The van der Waals surface area contributed by atoms with Crippen LogP contribution < -0.4 is 0 Å². The third kappa shape index (κ3) is 1.84. The molecule has 2 aliphatic rings. The summed E-state index contributed by atoms with van der Waals surface area (Å²) >= 11 is 0. The van der Waals surface area contributed by atoms with E-state index in [9.17, 15) is 14.9 Å². The second kappa shape index (κ2) is 3.96. The number of carbonyl (C=O) groups is 1. The van der Waals surface area contributed by atoms with Crippen LogP contribution in [-0.4, -0.2) is 21.3 Å². The Bertz CT molecular complexity index is 592. The highest BCUT2D eigenvalue weighted by molar-refractivity contribution is 5.98. The lowest BCUT2D eigenvalue weighted by Gasteiger charge is -2.31. The fraction of sp³-hybridized carbons (Fsp3) is 0.385. The van der Waals surface area contributed by atoms with Gasteiger partial charge in [0, 0.05) is 18.2 Å². The first kappa shape index (κ1) is 12.0. The zero-order valence-corrected chi connectivity index (χ0v) is 10.2. The number of pyridine rings is 1. The molecule has 1 saturated carbocycles. The summed E-state index contributed by atoms with van der Waals surface area (Å²) in [6.07, 6.45) is 3.69. The predicted molar refractivity (Wildman–Crippen MR) is 65.4 cm³/mol. The van der Waals surface area contributed by atoms with Gasteiger partial charge in [0.1, 0.15) is 6.20 Å². The van der Waals surface area contributed by atoms with E-state index in [2.05, 4.69) is 11.6 Å². The topological polar surface area (TPSA) is 82.3 Å². The first-order valence-corrected chi connectivity index (χ1v) is 6.02. The number of aromatic nitrogens is 1. The van der Waals surface area contributed by atoms with Gasteiger partial charge in [0.05, 0.1) is 22.2 Å². The summed E-state index contributed by atoms with van der Waals surface area (Å²) in [5.41, 5.74) is 0.230. The zero-order valence-electron chi connectivity index (χ0n) is 10.2. The second-order valence-electron chi connectivity index (χ2n) is 4.90. The number of hydrogen-bond donors (Lipinski definition) is 0. The molecule has 1 aliphatic heterocycles. The van der Waals surface area contributed by atoms with Crippen LogP contribution in [0, 0.1) is 10.1 Å². The Morgan fingerprint density at radius 3 is 2.89 bits per heavy atom. The monoisotopic (exact) mass is 260 g/mol. The van der Waals surface area contributed by atoms with Gasteiger partial charge in [-0.05, 0) is 18.9 Å². The first-order valence-electron chi connectivity index (χ1n) is 6.02. The lowest BCUT2D eigenvalue weighted by atomic mass is 9.92. The molecule has 6 nitrogen and oxygen atoms in total. The van der Waals surface area contributed by atoms with Crippen molar-refractivity contribution in [3.05, 3.63) is 46.3 Å². The Balaban J connectivity index is 1.97. The van der Waals surface area contributed by atoms with Crippen molar-refractivity contribution < 1.29 is 14.5 Å². The largest absolute Gasteiger partial charge is 0.362 e. The molecular weight excluding hydrogens is 248 g/mol. The maximum atomic E-state index is 11.9. The van der Waals surface area contributed by atoms with Crippen LogP contribution in [0.3, 0.4) is 0 Å². The van der Waals surface area contributed by atoms with Crippen molar-refractivity contribution >= 4 is 11.5 Å². The van der Waals surface area contributed by atoms with Crippen molar-refractivity contribution in [2.45, 2.75) is 31.0 Å². The molecule has 2 fully saturated rings. The van der Waals surface area contributed by atoms with Crippen LogP contribution in [0.5, 0.6) is 0 Å². The van der Waals surface area contributed by atoms with Crippen LogP contribution >= 0.6 is 0 Å². The molecule has 3 rings (SSSR count). The summed E-state index contributed by atoms with van der Waals surface area (Å²) in [5.74, 6) is -0.0696. The van der Waals surface area contributed by atoms with Crippen molar-refractivity contribution in [1.29, 1.82) is 0 Å². The average molecular weight is 260 g/mol. The summed E-state index contributed by atoms with van der Waals surface area (Å²) in [6.45, 7) is 3.78. The molecule has 0 amide bonds. The highest BCUT2D eigenvalue weighted by atomic mass is 16.6. The number of ketones is 1. The molecule has 19 heavy (non-hydrogen) atoms. The van der Waals surface area contributed by atoms with Gasteiger partial charge in [0.15, 0.2) is 5.78 Å². The van der Waals surface area contributed by atoms with Crippen LogP contribution in [0.25, 0.3) is 0 Å². The van der Waals surface area contributed by atoms with E-state index in [1.807, 2.05) is 0 Å². The maximum Gasteiger partial charge on any atom is 0.293 e. The summed E-state index contributed by atoms with van der Waals surface area (Å²) < 4.78 is 5.89. The molecular formula is C13H12N2O4. The number of hydrogen-bond acceptors (Lipinski definition) is 5. The molecule has 1 aromatic heterocycles. The zero-order chi connectivity index (χ0) is 13.6. The Kier molecular flexibility index (Phi) is 2.50. The molecule has 0 aromatic carbocycles. The third-order valence-corrected chi connectivity index (χ3v) is 3.71. The summed E-state index contributed by atoms with van der Waals surface area (Å²) in [7, 11) is 0. The van der Waals surface area contributed by atoms with Crippen molar-refractivity contribution in [3.8, 4) is 0 Å². The third-order valence-electron chi connectivity index (χ3n) is 3.71. The van der Waals surface area contributed by atoms with E-state index in [1.54, 1.807) is 6.07 Å². The van der Waals surface area contributed by atoms with Crippen molar-refractivity contribution in [1.82, 2.24) is 4.98 Å². The van der Waals surface area contributed by atoms with E-state index in [-0.39, 0.29) is 17.9 Å². The highest BCUT2D eigenvalue weighted by Crippen LogP contribution is 2.53. The lowest BCUT2D eigenvalue weighted by Crippen LogP contribution is -2.32. The smallest absolute Gasteiger partial charge is 0.293 e. The summed E-state index contributed by atoms with van der Waals surface area (Å²) in [4.78, 5) is 26.2. The quantitative estimate of drug-likeness (QED) is 0.462. The molecule has 1 aromatic rings. The Morgan fingerprint density at radius 1 is 1.53 bits per heavy atom. The summed E-state index contributed by atoms with van der Waals surface area (Å²) in [5, 5.41) is 11.0. The normalized spacial score (nSPS) is 24.5. The molecule has 0 N–H and O–H groups in total. The predicted octanol–water partition coefficient (Wildman–Crippen LogP) is 2.11. The van der Waals surface area contributed by atoms with Crippen molar-refractivity contribution in [3.63, 3.8) is 0 Å². The van der Waals surface area contributed by atoms with Crippen LogP contribution in [0.4, 0.5) is 5.69 Å². The molecule has 0 radical (unpaired) electrons. The van der Waals surface area contributed by atoms with Gasteiger partial charge in [-0.3, -0.25) is 19.9 Å². The number of carbonyl (C=O) groups excluding carboxylic acids is 1. The van der Waals surface area contributed by atoms with Crippen molar-refractivity contribution in [2.75, 3.05) is 0 Å². The van der Waals surface area contributed by atoms with Gasteiger partial charge in [0.2, 0.25) is 0 Å². The molecule has 2 heterocycles. The molecule has 1 saturated heterocycles. The van der Waals surface area contributed by atoms with Gasteiger partial charge in [0.25, 0.3) is 5.69 Å². The number of Topliss-reactive ketones (excluding diaryl/α,β-unsaturated/α-hetero) is 1. The number of nitrogens with zero attached hydrogens (tertiary/aromatic N) is 2. The van der Waals surface area contributed by atoms with E-state index < -0.39 is 16.6 Å². The minimum atomic E-state index is -0.580. The Hall–Kier alpha value is -2.08. The van der Waals surface area contributed by atoms with E-state index in [0.29, 0.717) is 11.1 Å². The van der Waals surface area contributed by atoms with Gasteiger partial charge >= 0.3 is 0 Å². The van der Waals surface area contributed by atoms with Crippen LogP contribution in [0.1, 0.15) is 30.9 Å².